The fourth-order valence-corrected chi connectivity index (χ4v) is 1.97. The molecule has 0 spiro atoms. The van der Waals surface area contributed by atoms with Crippen LogP contribution in [0.15, 0.2) is 12.1 Å². The van der Waals surface area contributed by atoms with Crippen molar-refractivity contribution >= 4 is 46.7 Å². The van der Waals surface area contributed by atoms with Crippen LogP contribution >= 0.6 is 34.8 Å². The van der Waals surface area contributed by atoms with Crippen molar-refractivity contribution < 1.29 is 19.1 Å². The van der Waals surface area contributed by atoms with Crippen molar-refractivity contribution in [1.29, 1.82) is 0 Å². The number of rotatable bonds is 7. The van der Waals surface area contributed by atoms with Crippen molar-refractivity contribution in [3.8, 4) is 5.75 Å². The second-order valence-corrected chi connectivity index (χ2v) is 5.41. The van der Waals surface area contributed by atoms with Gasteiger partial charge in [0, 0.05) is 0 Å². The molecule has 0 heterocycles. The molecule has 0 amide bonds. The van der Waals surface area contributed by atoms with Crippen LogP contribution in [-0.2, 0) is 14.3 Å². The number of carbonyl (C=O) groups is 2. The van der Waals surface area contributed by atoms with E-state index < -0.39 is 11.9 Å². The average Bonchev–Trinajstić information content (AvgIpc) is 2.46. The van der Waals surface area contributed by atoms with E-state index in [-0.39, 0.29) is 33.7 Å². The first-order valence-corrected chi connectivity index (χ1v) is 7.59. The van der Waals surface area contributed by atoms with Gasteiger partial charge in [0.15, 0.2) is 5.75 Å². The Morgan fingerprint density at radius 3 is 2.33 bits per heavy atom. The molecule has 0 saturated heterocycles. The number of ether oxygens (including phenoxy) is 2. The molecule has 0 fully saturated rings. The van der Waals surface area contributed by atoms with E-state index in [1.807, 2.05) is 6.92 Å². The fraction of sp³-hybridized carbons (Fsp3) is 0.429. The number of halogens is 3. The van der Waals surface area contributed by atoms with Gasteiger partial charge in [-0.15, -0.1) is 0 Å². The van der Waals surface area contributed by atoms with Crippen molar-refractivity contribution in [2.24, 2.45) is 0 Å². The van der Waals surface area contributed by atoms with Gasteiger partial charge in [0.1, 0.15) is 5.02 Å². The third-order valence-electron chi connectivity index (χ3n) is 2.51. The molecule has 0 aliphatic heterocycles. The van der Waals surface area contributed by atoms with Crippen LogP contribution in [0.25, 0.3) is 0 Å². The summed E-state index contributed by atoms with van der Waals surface area (Å²) in [6, 6.07) is 2.96. The quantitative estimate of drug-likeness (QED) is 0.309. The van der Waals surface area contributed by atoms with Crippen molar-refractivity contribution in [1.82, 2.24) is 0 Å². The maximum atomic E-state index is 11.7. The lowest BCUT2D eigenvalue weighted by molar-refractivity contribution is -0.147. The van der Waals surface area contributed by atoms with Gasteiger partial charge in [-0.05, 0) is 18.6 Å². The van der Waals surface area contributed by atoms with Crippen LogP contribution in [-0.4, -0.2) is 18.5 Å². The molecular formula is C14H15Cl3O4. The highest BCUT2D eigenvalue weighted by Gasteiger charge is 2.16. The van der Waals surface area contributed by atoms with Crippen LogP contribution in [0.2, 0.25) is 15.1 Å². The Kier molecular flexibility index (Phi) is 7.86. The Morgan fingerprint density at radius 2 is 1.67 bits per heavy atom. The molecular weight excluding hydrogens is 339 g/mol. The highest BCUT2D eigenvalue weighted by Crippen LogP contribution is 2.38. The maximum Gasteiger partial charge on any atom is 0.311 e. The molecule has 1 aromatic rings. The van der Waals surface area contributed by atoms with Crippen LogP contribution in [0.5, 0.6) is 5.75 Å². The van der Waals surface area contributed by atoms with Gasteiger partial charge in [0.2, 0.25) is 0 Å². The average molecular weight is 354 g/mol. The Morgan fingerprint density at radius 1 is 1.05 bits per heavy atom. The molecule has 0 atom stereocenters. The van der Waals surface area contributed by atoms with Gasteiger partial charge >= 0.3 is 11.9 Å². The number of esters is 2. The number of carbonyl (C=O) groups excluding carboxylic acids is 2. The molecule has 0 aliphatic rings. The topological polar surface area (TPSA) is 52.6 Å². The number of hydrogen-bond acceptors (Lipinski definition) is 4. The summed E-state index contributed by atoms with van der Waals surface area (Å²) < 4.78 is 9.97. The maximum absolute atomic E-state index is 11.7. The van der Waals surface area contributed by atoms with E-state index in [9.17, 15) is 9.59 Å². The molecule has 0 radical (unpaired) electrons. The minimum atomic E-state index is -0.631. The lowest BCUT2D eigenvalue weighted by atomic mass is 10.3. The molecule has 21 heavy (non-hydrogen) atoms. The third-order valence-corrected chi connectivity index (χ3v) is 3.60. The van der Waals surface area contributed by atoms with E-state index in [0.29, 0.717) is 6.61 Å². The molecule has 1 rings (SSSR count). The van der Waals surface area contributed by atoms with E-state index in [2.05, 4.69) is 0 Å². The third kappa shape index (κ3) is 6.12. The van der Waals surface area contributed by atoms with E-state index in [4.69, 9.17) is 44.3 Å². The van der Waals surface area contributed by atoms with E-state index in [1.165, 1.54) is 12.1 Å². The predicted molar refractivity (Wildman–Crippen MR) is 82.2 cm³/mol. The van der Waals surface area contributed by atoms with Crippen LogP contribution in [0.1, 0.15) is 32.6 Å². The number of unbranched alkanes of at least 4 members (excludes halogenated alkanes) is 1. The van der Waals surface area contributed by atoms with Gasteiger partial charge in [0.05, 0.1) is 29.5 Å². The van der Waals surface area contributed by atoms with Crippen LogP contribution in [0, 0.1) is 0 Å². The summed E-state index contributed by atoms with van der Waals surface area (Å²) in [5.74, 6) is -1.08. The molecule has 116 valence electrons. The van der Waals surface area contributed by atoms with Gasteiger partial charge in [-0.3, -0.25) is 9.59 Å². The lowest BCUT2D eigenvalue weighted by Crippen LogP contribution is -2.13. The molecule has 1 aromatic carbocycles. The summed E-state index contributed by atoms with van der Waals surface area (Å²) in [5.41, 5.74) is 0. The van der Waals surface area contributed by atoms with Gasteiger partial charge in [-0.25, -0.2) is 0 Å². The zero-order chi connectivity index (χ0) is 15.8. The summed E-state index contributed by atoms with van der Waals surface area (Å²) in [6.45, 7) is 2.35. The minimum Gasteiger partial charge on any atom is -0.466 e. The van der Waals surface area contributed by atoms with Crippen LogP contribution in [0.4, 0.5) is 0 Å². The van der Waals surface area contributed by atoms with E-state index >= 15 is 0 Å². The van der Waals surface area contributed by atoms with Gasteiger partial charge < -0.3 is 9.47 Å². The summed E-state index contributed by atoms with van der Waals surface area (Å²) in [5, 5.41) is 0.453. The second-order valence-electron chi connectivity index (χ2n) is 4.22. The molecule has 7 heteroatoms. The number of benzene rings is 1. The summed E-state index contributed by atoms with van der Waals surface area (Å²) in [6.07, 6.45) is 1.55. The smallest absolute Gasteiger partial charge is 0.311 e. The second kappa shape index (κ2) is 9.13. The zero-order valence-electron chi connectivity index (χ0n) is 11.5. The first kappa shape index (κ1) is 18.1. The zero-order valence-corrected chi connectivity index (χ0v) is 13.7. The fourth-order valence-electron chi connectivity index (χ4n) is 1.37. The first-order chi connectivity index (χ1) is 9.95. The molecule has 0 N–H and O–H groups in total. The Bertz CT molecular complexity index is 517. The van der Waals surface area contributed by atoms with Crippen molar-refractivity contribution in [3.05, 3.63) is 27.2 Å². The van der Waals surface area contributed by atoms with Gasteiger partial charge in [-0.2, -0.15) is 0 Å². The van der Waals surface area contributed by atoms with E-state index in [1.54, 1.807) is 0 Å². The highest BCUT2D eigenvalue weighted by molar-refractivity contribution is 6.44. The summed E-state index contributed by atoms with van der Waals surface area (Å²) in [7, 11) is 0. The van der Waals surface area contributed by atoms with Crippen molar-refractivity contribution in [2.75, 3.05) is 6.61 Å². The summed E-state index contributed by atoms with van der Waals surface area (Å²) in [4.78, 5) is 23.0. The molecule has 0 aromatic heterocycles. The molecule has 4 nitrogen and oxygen atoms in total. The highest BCUT2D eigenvalue weighted by atomic mass is 35.5. The minimum absolute atomic E-state index is 0.00446. The van der Waals surface area contributed by atoms with E-state index in [0.717, 1.165) is 12.8 Å². The standard InChI is InChI=1S/C14H15Cl3O4/c1-2-3-8-20-11(18)6-7-12(19)21-14-10(16)5-4-9(15)13(14)17/h4-5H,2-3,6-8H2,1H3. The normalized spacial score (nSPS) is 10.3. The Balaban J connectivity index is 2.48. The monoisotopic (exact) mass is 352 g/mol. The van der Waals surface area contributed by atoms with Crippen LogP contribution in [0.3, 0.4) is 0 Å². The molecule has 0 saturated carbocycles. The molecule has 0 aliphatic carbocycles. The SMILES string of the molecule is CCCCOC(=O)CCC(=O)Oc1c(Cl)ccc(Cl)c1Cl. The lowest BCUT2D eigenvalue weighted by Gasteiger charge is -2.09. The van der Waals surface area contributed by atoms with Gasteiger partial charge in [-0.1, -0.05) is 48.1 Å². The molecule has 0 bridgehead atoms. The first-order valence-electron chi connectivity index (χ1n) is 6.45. The van der Waals surface area contributed by atoms with Crippen LogP contribution < -0.4 is 4.74 Å². The number of hydrogen-bond donors (Lipinski definition) is 0. The molecule has 0 unspecified atom stereocenters. The Labute approximate surface area is 138 Å². The van der Waals surface area contributed by atoms with Crippen molar-refractivity contribution in [3.63, 3.8) is 0 Å². The predicted octanol–water partition coefficient (Wildman–Crippen LogP) is 4.68. The Hall–Kier alpha value is -0.970. The van der Waals surface area contributed by atoms with Crippen molar-refractivity contribution in [2.45, 2.75) is 32.6 Å². The summed E-state index contributed by atoms with van der Waals surface area (Å²) >= 11 is 17.6. The largest absolute Gasteiger partial charge is 0.466 e. The van der Waals surface area contributed by atoms with Gasteiger partial charge in [0.25, 0.3) is 0 Å².